The fourth-order valence-electron chi connectivity index (χ4n) is 3.36. The Hall–Kier alpha value is -0.950. The lowest BCUT2D eigenvalue weighted by Crippen LogP contribution is -2.45. The second kappa shape index (κ2) is 6.87. The first-order valence-electron chi connectivity index (χ1n) is 7.63. The van der Waals surface area contributed by atoms with Gasteiger partial charge in [-0.15, -0.1) is 0 Å². The highest BCUT2D eigenvalue weighted by atomic mass is 32.2. The minimum atomic E-state index is -3.70. The van der Waals surface area contributed by atoms with Crippen LogP contribution in [0.25, 0.3) is 0 Å². The summed E-state index contributed by atoms with van der Waals surface area (Å²) in [6.45, 7) is 2.21. The van der Waals surface area contributed by atoms with Gasteiger partial charge in [-0.3, -0.25) is 9.59 Å². The van der Waals surface area contributed by atoms with Crippen molar-refractivity contribution in [3.8, 4) is 0 Å². The molecule has 6 nitrogen and oxygen atoms in total. The molecule has 2 atom stereocenters. The molecule has 1 saturated carbocycles. The number of ether oxygens (including phenoxy) is 1. The number of carbonyl (C=O) groups is 2. The van der Waals surface area contributed by atoms with Gasteiger partial charge in [-0.2, -0.15) is 4.31 Å². The second-order valence-corrected chi connectivity index (χ2v) is 7.62. The van der Waals surface area contributed by atoms with Crippen LogP contribution in [0.3, 0.4) is 0 Å². The Bertz CT molecular complexity index is 501. The largest absolute Gasteiger partial charge is 0.465 e. The van der Waals surface area contributed by atoms with Gasteiger partial charge in [0.25, 0.3) is 0 Å². The Balaban J connectivity index is 2.10. The van der Waals surface area contributed by atoms with Gasteiger partial charge in [0.05, 0.1) is 6.61 Å². The highest BCUT2D eigenvalue weighted by Gasteiger charge is 2.42. The Morgan fingerprint density at radius 1 is 1.29 bits per heavy atom. The molecule has 1 heterocycles. The Morgan fingerprint density at radius 3 is 2.71 bits per heavy atom. The molecule has 2 aliphatic rings. The van der Waals surface area contributed by atoms with Crippen LogP contribution >= 0.6 is 0 Å². The molecule has 1 aliphatic carbocycles. The zero-order valence-electron chi connectivity index (χ0n) is 12.4. The average Bonchev–Trinajstić information content (AvgIpc) is 2.88. The lowest BCUT2D eigenvalue weighted by atomic mass is 9.82. The summed E-state index contributed by atoms with van der Waals surface area (Å²) >= 11 is 0. The lowest BCUT2D eigenvalue weighted by Gasteiger charge is -2.32. The number of hydrogen-bond donors (Lipinski definition) is 0. The van der Waals surface area contributed by atoms with Crippen molar-refractivity contribution in [3.05, 3.63) is 0 Å². The van der Waals surface area contributed by atoms with Gasteiger partial charge in [-0.05, 0) is 32.6 Å². The number of hydrogen-bond acceptors (Lipinski definition) is 5. The number of ketones is 1. The molecule has 0 spiro atoms. The average molecular weight is 317 g/mol. The van der Waals surface area contributed by atoms with Gasteiger partial charge in [0, 0.05) is 24.9 Å². The van der Waals surface area contributed by atoms with E-state index in [-0.39, 0.29) is 24.3 Å². The first-order chi connectivity index (χ1) is 9.95. The summed E-state index contributed by atoms with van der Waals surface area (Å²) in [5, 5.41) is 0. The van der Waals surface area contributed by atoms with Gasteiger partial charge < -0.3 is 4.74 Å². The van der Waals surface area contributed by atoms with E-state index in [1.807, 2.05) is 0 Å². The molecule has 7 heteroatoms. The van der Waals surface area contributed by atoms with Gasteiger partial charge in [0.2, 0.25) is 10.0 Å². The summed E-state index contributed by atoms with van der Waals surface area (Å²) < 4.78 is 30.9. The third-order valence-corrected chi connectivity index (χ3v) is 6.05. The van der Waals surface area contributed by atoms with Gasteiger partial charge in [0.15, 0.2) is 5.75 Å². The molecular weight excluding hydrogens is 294 g/mol. The number of esters is 1. The predicted octanol–water partition coefficient (Wildman–Crippen LogP) is 1.10. The molecule has 2 fully saturated rings. The van der Waals surface area contributed by atoms with Crippen LogP contribution in [0.15, 0.2) is 0 Å². The Labute approximate surface area is 125 Å². The van der Waals surface area contributed by atoms with Crippen molar-refractivity contribution < 1.29 is 22.7 Å². The molecular formula is C14H23NO5S. The van der Waals surface area contributed by atoms with Crippen LogP contribution in [-0.4, -0.2) is 49.4 Å². The van der Waals surface area contributed by atoms with Crippen LogP contribution < -0.4 is 0 Å². The maximum Gasteiger partial charge on any atom is 0.322 e. The molecule has 0 aromatic carbocycles. The number of rotatable bonds is 5. The Kier molecular flexibility index (Phi) is 5.37. The number of nitrogens with zero attached hydrogens (tertiary/aromatic N) is 1. The summed E-state index contributed by atoms with van der Waals surface area (Å²) in [6.07, 6.45) is 4.63. The van der Waals surface area contributed by atoms with E-state index in [4.69, 9.17) is 4.74 Å². The van der Waals surface area contributed by atoms with E-state index >= 15 is 0 Å². The number of Topliss-reactive ketones (excluding diaryl/α,β-unsaturated/α-hetero) is 1. The van der Waals surface area contributed by atoms with Gasteiger partial charge in [-0.25, -0.2) is 8.42 Å². The first-order valence-corrected chi connectivity index (χ1v) is 9.24. The summed E-state index contributed by atoms with van der Waals surface area (Å²) in [5.74, 6) is -1.38. The molecule has 2 rings (SSSR count). The topological polar surface area (TPSA) is 80.8 Å². The fraction of sp³-hybridized carbons (Fsp3) is 0.857. The van der Waals surface area contributed by atoms with Crippen molar-refractivity contribution in [1.82, 2.24) is 4.31 Å². The highest BCUT2D eigenvalue weighted by molar-refractivity contribution is 7.89. The van der Waals surface area contributed by atoms with E-state index < -0.39 is 21.7 Å². The monoisotopic (exact) mass is 317 g/mol. The zero-order valence-corrected chi connectivity index (χ0v) is 13.2. The minimum absolute atomic E-state index is 0.166. The molecule has 0 bridgehead atoms. The fourth-order valence-corrected chi connectivity index (χ4v) is 4.98. The summed E-state index contributed by atoms with van der Waals surface area (Å²) in [5.41, 5.74) is 0. The summed E-state index contributed by atoms with van der Waals surface area (Å²) in [7, 11) is -3.70. The third kappa shape index (κ3) is 3.83. The van der Waals surface area contributed by atoms with E-state index in [2.05, 4.69) is 0 Å². The first kappa shape index (κ1) is 16.4. The van der Waals surface area contributed by atoms with Crippen molar-refractivity contribution >= 4 is 21.8 Å². The van der Waals surface area contributed by atoms with Crippen molar-refractivity contribution in [2.45, 2.75) is 51.5 Å². The SMILES string of the molecule is CCOC(=O)CS(=O)(=O)N1CCCC1C1CCCCC1=O. The van der Waals surface area contributed by atoms with Crippen LogP contribution in [0.4, 0.5) is 0 Å². The van der Waals surface area contributed by atoms with E-state index in [0.29, 0.717) is 19.4 Å². The number of carbonyl (C=O) groups excluding carboxylic acids is 2. The van der Waals surface area contributed by atoms with Crippen LogP contribution in [-0.2, 0) is 24.3 Å². The summed E-state index contributed by atoms with van der Waals surface area (Å²) in [6, 6.07) is -0.266. The smallest absolute Gasteiger partial charge is 0.322 e. The lowest BCUT2D eigenvalue weighted by molar-refractivity contribution is -0.140. The summed E-state index contributed by atoms with van der Waals surface area (Å²) in [4.78, 5) is 23.5. The van der Waals surface area contributed by atoms with Crippen molar-refractivity contribution in [2.75, 3.05) is 18.9 Å². The molecule has 1 aliphatic heterocycles. The maximum atomic E-state index is 12.4. The van der Waals surface area contributed by atoms with Crippen LogP contribution in [0.5, 0.6) is 0 Å². The standard InChI is InChI=1S/C14H23NO5S/c1-2-20-14(17)10-21(18,19)15-9-5-7-12(15)11-6-3-4-8-13(11)16/h11-12H,2-10H2,1H3. The molecule has 0 N–H and O–H groups in total. The Morgan fingerprint density at radius 2 is 2.05 bits per heavy atom. The second-order valence-electron chi connectivity index (χ2n) is 5.70. The highest BCUT2D eigenvalue weighted by Crippen LogP contribution is 2.34. The van der Waals surface area contributed by atoms with Gasteiger partial charge in [0.1, 0.15) is 5.78 Å². The molecule has 2 unspecified atom stereocenters. The quantitative estimate of drug-likeness (QED) is 0.709. The molecule has 0 radical (unpaired) electrons. The zero-order chi connectivity index (χ0) is 15.5. The number of sulfonamides is 1. The minimum Gasteiger partial charge on any atom is -0.465 e. The van der Waals surface area contributed by atoms with Gasteiger partial charge >= 0.3 is 5.97 Å². The van der Waals surface area contributed by atoms with Crippen LogP contribution in [0, 0.1) is 5.92 Å². The van der Waals surface area contributed by atoms with Crippen LogP contribution in [0.2, 0.25) is 0 Å². The molecule has 0 amide bonds. The van der Waals surface area contributed by atoms with E-state index in [1.54, 1.807) is 6.92 Å². The maximum absolute atomic E-state index is 12.4. The molecule has 0 aromatic rings. The molecule has 21 heavy (non-hydrogen) atoms. The molecule has 120 valence electrons. The predicted molar refractivity (Wildman–Crippen MR) is 77.1 cm³/mol. The van der Waals surface area contributed by atoms with E-state index in [9.17, 15) is 18.0 Å². The van der Waals surface area contributed by atoms with Gasteiger partial charge in [-0.1, -0.05) is 6.42 Å². The molecule has 1 saturated heterocycles. The third-order valence-electron chi connectivity index (χ3n) is 4.28. The van der Waals surface area contributed by atoms with E-state index in [1.165, 1.54) is 4.31 Å². The van der Waals surface area contributed by atoms with Crippen LogP contribution in [0.1, 0.15) is 45.4 Å². The van der Waals surface area contributed by atoms with Crippen molar-refractivity contribution in [3.63, 3.8) is 0 Å². The normalized spacial score (nSPS) is 27.8. The van der Waals surface area contributed by atoms with Crippen molar-refractivity contribution in [2.24, 2.45) is 5.92 Å². The van der Waals surface area contributed by atoms with E-state index in [0.717, 1.165) is 25.7 Å². The molecule has 0 aromatic heterocycles. The van der Waals surface area contributed by atoms with Crippen molar-refractivity contribution in [1.29, 1.82) is 0 Å².